The summed E-state index contributed by atoms with van der Waals surface area (Å²) in [6.07, 6.45) is 5.14. The maximum atomic E-state index is 11.6. The third-order valence-electron chi connectivity index (χ3n) is 3.95. The van der Waals surface area contributed by atoms with Crippen LogP contribution in [-0.4, -0.2) is 56.1 Å². The number of carbonyl (C=O) groups is 1. The van der Waals surface area contributed by atoms with Crippen LogP contribution >= 0.6 is 24.0 Å². The third kappa shape index (κ3) is 8.88. The lowest BCUT2D eigenvalue weighted by molar-refractivity contribution is -0.127. The molecule has 1 aliphatic heterocycles. The number of halogens is 1. The number of rotatable bonds is 11. The SMILES string of the molecule is CCNC(=NCCCN1CCCC1=O)NCCCOCc1ccco1.I. The molecule has 1 aliphatic rings. The van der Waals surface area contributed by atoms with Gasteiger partial charge in [0.15, 0.2) is 5.96 Å². The van der Waals surface area contributed by atoms with Crippen molar-refractivity contribution in [3.8, 4) is 0 Å². The molecule has 26 heavy (non-hydrogen) atoms. The summed E-state index contributed by atoms with van der Waals surface area (Å²) >= 11 is 0. The number of aliphatic imine (C=N–C) groups is 1. The largest absolute Gasteiger partial charge is 0.467 e. The summed E-state index contributed by atoms with van der Waals surface area (Å²) in [7, 11) is 0. The fraction of sp³-hybridized carbons (Fsp3) is 0.667. The Labute approximate surface area is 173 Å². The number of likely N-dealkylation sites (tertiary alicyclic amines) is 1. The highest BCUT2D eigenvalue weighted by Gasteiger charge is 2.18. The van der Waals surface area contributed by atoms with E-state index in [1.807, 2.05) is 24.0 Å². The molecule has 1 amide bonds. The number of nitrogens with zero attached hydrogens (tertiary/aromatic N) is 2. The zero-order valence-electron chi connectivity index (χ0n) is 15.5. The fourth-order valence-electron chi connectivity index (χ4n) is 2.68. The summed E-state index contributed by atoms with van der Waals surface area (Å²) in [6.45, 7) is 7.28. The first-order valence-corrected chi connectivity index (χ1v) is 9.19. The molecule has 1 aromatic rings. The fourth-order valence-corrected chi connectivity index (χ4v) is 2.68. The van der Waals surface area contributed by atoms with E-state index in [0.29, 0.717) is 26.2 Å². The minimum absolute atomic E-state index is 0. The zero-order chi connectivity index (χ0) is 17.7. The van der Waals surface area contributed by atoms with Crippen LogP contribution in [0, 0.1) is 0 Å². The Morgan fingerprint density at radius 3 is 2.96 bits per heavy atom. The minimum Gasteiger partial charge on any atom is -0.467 e. The zero-order valence-corrected chi connectivity index (χ0v) is 17.9. The van der Waals surface area contributed by atoms with Crippen LogP contribution in [0.3, 0.4) is 0 Å². The number of guanidine groups is 1. The highest BCUT2D eigenvalue weighted by molar-refractivity contribution is 14.0. The average Bonchev–Trinajstić information content (AvgIpc) is 3.26. The lowest BCUT2D eigenvalue weighted by atomic mass is 10.4. The van der Waals surface area contributed by atoms with Gasteiger partial charge in [0.2, 0.25) is 5.91 Å². The van der Waals surface area contributed by atoms with E-state index in [2.05, 4.69) is 15.6 Å². The molecule has 0 aromatic carbocycles. The number of hydrogen-bond donors (Lipinski definition) is 2. The highest BCUT2D eigenvalue weighted by atomic mass is 127. The molecular formula is C18H31IN4O3. The van der Waals surface area contributed by atoms with Crippen molar-refractivity contribution < 1.29 is 13.9 Å². The van der Waals surface area contributed by atoms with Gasteiger partial charge < -0.3 is 24.7 Å². The van der Waals surface area contributed by atoms with Gasteiger partial charge in [-0.15, -0.1) is 24.0 Å². The van der Waals surface area contributed by atoms with Gasteiger partial charge in [-0.05, 0) is 38.3 Å². The van der Waals surface area contributed by atoms with Gasteiger partial charge in [-0.25, -0.2) is 0 Å². The molecule has 148 valence electrons. The smallest absolute Gasteiger partial charge is 0.222 e. The molecule has 0 aliphatic carbocycles. The summed E-state index contributed by atoms with van der Waals surface area (Å²) in [5, 5.41) is 6.54. The van der Waals surface area contributed by atoms with Crippen molar-refractivity contribution in [1.29, 1.82) is 0 Å². The van der Waals surface area contributed by atoms with Gasteiger partial charge in [-0.2, -0.15) is 0 Å². The molecule has 0 saturated carbocycles. The monoisotopic (exact) mass is 478 g/mol. The average molecular weight is 478 g/mol. The maximum absolute atomic E-state index is 11.6. The molecular weight excluding hydrogens is 447 g/mol. The Kier molecular flexibility index (Phi) is 12.1. The van der Waals surface area contributed by atoms with Gasteiger partial charge in [0.05, 0.1) is 6.26 Å². The second kappa shape index (κ2) is 13.9. The third-order valence-corrected chi connectivity index (χ3v) is 3.95. The normalized spacial score (nSPS) is 14.4. The van der Waals surface area contributed by atoms with Crippen LogP contribution < -0.4 is 10.6 Å². The van der Waals surface area contributed by atoms with E-state index in [1.54, 1.807) is 6.26 Å². The van der Waals surface area contributed by atoms with Crippen molar-refractivity contribution in [2.75, 3.05) is 39.3 Å². The van der Waals surface area contributed by atoms with Gasteiger partial charge >= 0.3 is 0 Å². The van der Waals surface area contributed by atoms with Crippen molar-refractivity contribution in [2.24, 2.45) is 4.99 Å². The van der Waals surface area contributed by atoms with Gasteiger partial charge in [-0.3, -0.25) is 9.79 Å². The molecule has 2 rings (SSSR count). The first-order chi connectivity index (χ1) is 12.3. The number of nitrogens with one attached hydrogen (secondary N) is 2. The van der Waals surface area contributed by atoms with Gasteiger partial charge in [0.25, 0.3) is 0 Å². The standard InChI is InChI=1S/C18H30N4O3.HI/c1-2-19-18(20-9-5-12-22-11-3-8-17(22)23)21-10-6-13-24-15-16-7-4-14-25-16;/h4,7,14H,2-3,5-6,8-13,15H2,1H3,(H2,19,20,21);1H. The number of hydrogen-bond acceptors (Lipinski definition) is 4. The molecule has 0 bridgehead atoms. The van der Waals surface area contributed by atoms with Crippen LogP contribution in [0.15, 0.2) is 27.8 Å². The van der Waals surface area contributed by atoms with E-state index in [-0.39, 0.29) is 29.9 Å². The topological polar surface area (TPSA) is 79.1 Å². The van der Waals surface area contributed by atoms with Crippen LogP contribution in [0.25, 0.3) is 0 Å². The molecule has 0 atom stereocenters. The Bertz CT molecular complexity index is 523. The molecule has 0 spiro atoms. The molecule has 1 saturated heterocycles. The Hall–Kier alpha value is -1.29. The van der Waals surface area contributed by atoms with Crippen molar-refractivity contribution in [2.45, 2.75) is 39.2 Å². The molecule has 2 N–H and O–H groups in total. The van der Waals surface area contributed by atoms with Crippen LogP contribution in [0.4, 0.5) is 0 Å². The summed E-state index contributed by atoms with van der Waals surface area (Å²) in [6, 6.07) is 3.77. The number of carbonyl (C=O) groups excluding carboxylic acids is 1. The quantitative estimate of drug-likeness (QED) is 0.221. The van der Waals surface area contributed by atoms with Crippen molar-refractivity contribution in [1.82, 2.24) is 15.5 Å². The molecule has 0 radical (unpaired) electrons. The molecule has 1 fully saturated rings. The minimum atomic E-state index is 0. The summed E-state index contributed by atoms with van der Waals surface area (Å²) < 4.78 is 10.8. The number of furan rings is 1. The van der Waals surface area contributed by atoms with Crippen LogP contribution in [0.2, 0.25) is 0 Å². The summed E-state index contributed by atoms with van der Waals surface area (Å²) in [5.41, 5.74) is 0. The van der Waals surface area contributed by atoms with Gasteiger partial charge in [0.1, 0.15) is 12.4 Å². The number of amides is 1. The highest BCUT2D eigenvalue weighted by Crippen LogP contribution is 2.09. The molecule has 2 heterocycles. The van der Waals surface area contributed by atoms with Crippen molar-refractivity contribution >= 4 is 35.8 Å². The molecule has 1 aromatic heterocycles. The van der Waals surface area contributed by atoms with Crippen molar-refractivity contribution in [3.63, 3.8) is 0 Å². The second-order valence-electron chi connectivity index (χ2n) is 6.01. The van der Waals surface area contributed by atoms with E-state index in [0.717, 1.165) is 57.2 Å². The first kappa shape index (κ1) is 22.8. The van der Waals surface area contributed by atoms with Crippen molar-refractivity contribution in [3.05, 3.63) is 24.2 Å². The number of ether oxygens (including phenoxy) is 1. The molecule has 7 nitrogen and oxygen atoms in total. The van der Waals surface area contributed by atoms with E-state index in [4.69, 9.17) is 9.15 Å². The summed E-state index contributed by atoms with van der Waals surface area (Å²) in [5.74, 6) is 1.95. The van der Waals surface area contributed by atoms with Crippen LogP contribution in [0.1, 0.15) is 38.4 Å². The Balaban J connectivity index is 0.00000338. The molecule has 8 heteroatoms. The van der Waals surface area contributed by atoms with E-state index in [1.165, 1.54) is 0 Å². The Morgan fingerprint density at radius 1 is 1.38 bits per heavy atom. The van der Waals surface area contributed by atoms with Crippen LogP contribution in [-0.2, 0) is 16.1 Å². The van der Waals surface area contributed by atoms with E-state index >= 15 is 0 Å². The predicted octanol–water partition coefficient (Wildman–Crippen LogP) is 2.37. The van der Waals surface area contributed by atoms with E-state index < -0.39 is 0 Å². The predicted molar refractivity (Wildman–Crippen MR) is 113 cm³/mol. The summed E-state index contributed by atoms with van der Waals surface area (Å²) in [4.78, 5) is 18.1. The lowest BCUT2D eigenvalue weighted by Crippen LogP contribution is -2.38. The first-order valence-electron chi connectivity index (χ1n) is 9.19. The lowest BCUT2D eigenvalue weighted by Gasteiger charge is -2.15. The molecule has 0 unspecified atom stereocenters. The maximum Gasteiger partial charge on any atom is 0.222 e. The second-order valence-corrected chi connectivity index (χ2v) is 6.01. The van der Waals surface area contributed by atoms with Crippen LogP contribution in [0.5, 0.6) is 0 Å². The van der Waals surface area contributed by atoms with Gasteiger partial charge in [-0.1, -0.05) is 0 Å². The van der Waals surface area contributed by atoms with E-state index in [9.17, 15) is 4.79 Å². The van der Waals surface area contributed by atoms with Gasteiger partial charge in [0, 0.05) is 45.8 Å². The Morgan fingerprint density at radius 2 is 2.27 bits per heavy atom.